The van der Waals surface area contributed by atoms with Gasteiger partial charge in [-0.1, -0.05) is 13.8 Å². The number of nitrogens with zero attached hydrogens (tertiary/aromatic N) is 2. The van der Waals surface area contributed by atoms with Gasteiger partial charge in [0.25, 0.3) is 0 Å². The Hall–Kier alpha value is -0.390. The van der Waals surface area contributed by atoms with Crippen LogP contribution in [0.2, 0.25) is 0 Å². The predicted molar refractivity (Wildman–Crippen MR) is 96.8 cm³/mol. The maximum absolute atomic E-state index is 6.52. The molecule has 0 saturated heterocycles. The molecule has 4 nitrogen and oxygen atoms in total. The molecule has 1 aromatic rings. The molecule has 24 heavy (non-hydrogen) atoms. The molecule has 1 aromatic heterocycles. The maximum atomic E-state index is 6.52. The molecule has 134 valence electrons. The highest BCUT2D eigenvalue weighted by molar-refractivity contribution is 9.10. The van der Waals surface area contributed by atoms with Crippen molar-refractivity contribution in [2.45, 2.75) is 64.5 Å². The molecule has 0 radical (unpaired) electrons. The number of ether oxygens (including phenoxy) is 2. The molecule has 4 saturated carbocycles. The zero-order chi connectivity index (χ0) is 17.1. The third-order valence-corrected chi connectivity index (χ3v) is 6.86. The van der Waals surface area contributed by atoms with E-state index in [4.69, 9.17) is 9.47 Å². The summed E-state index contributed by atoms with van der Waals surface area (Å²) < 4.78 is 14.9. The van der Waals surface area contributed by atoms with E-state index in [2.05, 4.69) is 45.8 Å². The molecule has 4 fully saturated rings. The van der Waals surface area contributed by atoms with E-state index in [1.807, 2.05) is 6.20 Å². The summed E-state index contributed by atoms with van der Waals surface area (Å²) in [7, 11) is 1.75. The normalized spacial score (nSPS) is 43.5. The summed E-state index contributed by atoms with van der Waals surface area (Å²) in [5.41, 5.74) is 1.17. The van der Waals surface area contributed by atoms with Gasteiger partial charge in [0.1, 0.15) is 0 Å². The van der Waals surface area contributed by atoms with Crippen LogP contribution in [0, 0.1) is 16.2 Å². The first kappa shape index (κ1) is 17.0. The molecule has 0 aliphatic heterocycles. The van der Waals surface area contributed by atoms with Crippen molar-refractivity contribution in [2.24, 2.45) is 16.2 Å². The molecule has 2 atom stereocenters. The topological polar surface area (TPSA) is 36.3 Å². The van der Waals surface area contributed by atoms with Gasteiger partial charge in [-0.05, 0) is 70.7 Å². The average Bonchev–Trinajstić information content (AvgIpc) is 2.79. The Morgan fingerprint density at radius 3 is 2.38 bits per heavy atom. The van der Waals surface area contributed by atoms with Crippen molar-refractivity contribution in [2.75, 3.05) is 20.3 Å². The molecule has 4 bridgehead atoms. The van der Waals surface area contributed by atoms with Crippen LogP contribution in [-0.2, 0) is 16.0 Å². The summed E-state index contributed by atoms with van der Waals surface area (Å²) >= 11 is 3.53. The molecule has 0 amide bonds. The van der Waals surface area contributed by atoms with Crippen LogP contribution in [0.3, 0.4) is 0 Å². The van der Waals surface area contributed by atoms with Crippen molar-refractivity contribution in [3.8, 4) is 0 Å². The van der Waals surface area contributed by atoms with E-state index in [-0.39, 0.29) is 5.60 Å². The Kier molecular flexibility index (Phi) is 3.94. The van der Waals surface area contributed by atoms with Gasteiger partial charge in [0.05, 0.1) is 29.5 Å². The fraction of sp³-hybridized carbons (Fsp3) is 0.842. The minimum atomic E-state index is 0.0428. The van der Waals surface area contributed by atoms with E-state index in [1.165, 1.54) is 38.5 Å². The monoisotopic (exact) mass is 396 g/mol. The smallest absolute Gasteiger partial charge is 0.0707 e. The van der Waals surface area contributed by atoms with Gasteiger partial charge in [-0.2, -0.15) is 5.10 Å². The lowest BCUT2D eigenvalue weighted by Crippen LogP contribution is -2.64. The maximum Gasteiger partial charge on any atom is 0.0707 e. The molecular weight excluding hydrogens is 368 g/mol. The second-order valence-electron chi connectivity index (χ2n) is 9.56. The van der Waals surface area contributed by atoms with Gasteiger partial charge in [-0.3, -0.25) is 4.68 Å². The van der Waals surface area contributed by atoms with Crippen LogP contribution in [-0.4, -0.2) is 35.7 Å². The Bertz CT molecular complexity index is 611. The van der Waals surface area contributed by atoms with Gasteiger partial charge < -0.3 is 9.47 Å². The summed E-state index contributed by atoms with van der Waals surface area (Å²) in [5.74, 6) is 0. The lowest BCUT2D eigenvalue weighted by atomic mass is 9.39. The first-order valence-electron chi connectivity index (χ1n) is 9.08. The Morgan fingerprint density at radius 2 is 1.79 bits per heavy atom. The fourth-order valence-electron chi connectivity index (χ4n) is 7.26. The van der Waals surface area contributed by atoms with Crippen molar-refractivity contribution in [3.05, 3.63) is 16.9 Å². The van der Waals surface area contributed by atoms with Crippen LogP contribution in [0.25, 0.3) is 0 Å². The first-order chi connectivity index (χ1) is 11.3. The van der Waals surface area contributed by atoms with E-state index in [9.17, 15) is 0 Å². The lowest BCUT2D eigenvalue weighted by molar-refractivity contribution is -0.250. The second-order valence-corrected chi connectivity index (χ2v) is 10.5. The van der Waals surface area contributed by atoms with Gasteiger partial charge in [-0.25, -0.2) is 0 Å². The number of methoxy groups -OCH3 is 1. The number of hydrogen-bond donors (Lipinski definition) is 0. The molecule has 2 unspecified atom stereocenters. The van der Waals surface area contributed by atoms with Crippen LogP contribution >= 0.6 is 15.9 Å². The largest absolute Gasteiger partial charge is 0.382 e. The predicted octanol–water partition coefficient (Wildman–Crippen LogP) is 4.43. The standard InChI is InChI=1S/C19H29BrN2O2/c1-16-8-17(2)10-18(9-16,14-22-7-15(20)6-21-22)13-19(11-16,12-17)24-5-4-23-3/h6-7H,4-5,8-14H2,1-3H3. The van der Waals surface area contributed by atoms with Crippen molar-refractivity contribution < 1.29 is 9.47 Å². The summed E-state index contributed by atoms with van der Waals surface area (Å²) in [5, 5.41) is 4.54. The van der Waals surface area contributed by atoms with Crippen molar-refractivity contribution in [1.29, 1.82) is 0 Å². The highest BCUT2D eigenvalue weighted by atomic mass is 79.9. The van der Waals surface area contributed by atoms with Crippen LogP contribution in [0.5, 0.6) is 0 Å². The molecule has 4 aliphatic carbocycles. The van der Waals surface area contributed by atoms with Crippen LogP contribution in [0.1, 0.15) is 52.4 Å². The van der Waals surface area contributed by atoms with E-state index in [0.717, 1.165) is 11.0 Å². The minimum absolute atomic E-state index is 0.0428. The summed E-state index contributed by atoms with van der Waals surface area (Å²) in [4.78, 5) is 0. The van der Waals surface area contributed by atoms with Crippen LogP contribution < -0.4 is 0 Å². The highest BCUT2D eigenvalue weighted by Gasteiger charge is 2.66. The van der Waals surface area contributed by atoms with Gasteiger partial charge >= 0.3 is 0 Å². The highest BCUT2D eigenvalue weighted by Crippen LogP contribution is 2.71. The van der Waals surface area contributed by atoms with Crippen molar-refractivity contribution in [1.82, 2.24) is 9.78 Å². The molecule has 5 rings (SSSR count). The minimum Gasteiger partial charge on any atom is -0.382 e. The molecule has 1 heterocycles. The zero-order valence-corrected chi connectivity index (χ0v) is 16.7. The Balaban J connectivity index is 1.63. The zero-order valence-electron chi connectivity index (χ0n) is 15.1. The molecule has 5 heteroatoms. The third kappa shape index (κ3) is 2.97. The summed E-state index contributed by atoms with van der Waals surface area (Å²) in [6.45, 7) is 7.40. The fourth-order valence-corrected chi connectivity index (χ4v) is 7.59. The summed E-state index contributed by atoms with van der Waals surface area (Å²) in [6.07, 6.45) is 11.6. The number of aromatic nitrogens is 2. The molecule has 0 aromatic carbocycles. The number of hydrogen-bond acceptors (Lipinski definition) is 3. The van der Waals surface area contributed by atoms with Crippen LogP contribution in [0.15, 0.2) is 16.9 Å². The third-order valence-electron chi connectivity index (χ3n) is 6.45. The first-order valence-corrected chi connectivity index (χ1v) is 9.88. The number of rotatable bonds is 6. The van der Waals surface area contributed by atoms with Gasteiger partial charge in [0.2, 0.25) is 0 Å². The summed E-state index contributed by atoms with van der Waals surface area (Å²) in [6, 6.07) is 0. The lowest BCUT2D eigenvalue weighted by Gasteiger charge is -2.69. The van der Waals surface area contributed by atoms with E-state index in [0.29, 0.717) is 29.5 Å². The SMILES string of the molecule is COCCOC12CC3(C)CC(C)(CC(Cn4cc(Br)cn4)(C3)C1)C2. The molecular formula is C19H29BrN2O2. The Labute approximate surface area is 153 Å². The average molecular weight is 397 g/mol. The van der Waals surface area contributed by atoms with E-state index in [1.54, 1.807) is 7.11 Å². The van der Waals surface area contributed by atoms with Gasteiger partial charge in [0.15, 0.2) is 0 Å². The van der Waals surface area contributed by atoms with Gasteiger partial charge in [-0.15, -0.1) is 0 Å². The van der Waals surface area contributed by atoms with Crippen LogP contribution in [0.4, 0.5) is 0 Å². The quantitative estimate of drug-likeness (QED) is 0.667. The molecule has 0 N–H and O–H groups in total. The molecule has 4 aliphatic rings. The second kappa shape index (κ2) is 5.55. The van der Waals surface area contributed by atoms with Gasteiger partial charge in [0, 0.05) is 19.9 Å². The number of halogens is 1. The molecule has 0 spiro atoms. The van der Waals surface area contributed by atoms with E-state index >= 15 is 0 Å². The van der Waals surface area contributed by atoms with Crippen molar-refractivity contribution >= 4 is 15.9 Å². The van der Waals surface area contributed by atoms with E-state index < -0.39 is 0 Å². The Morgan fingerprint density at radius 1 is 1.08 bits per heavy atom. The van der Waals surface area contributed by atoms with Crippen molar-refractivity contribution in [3.63, 3.8) is 0 Å².